The Balaban J connectivity index is 1.75. The van der Waals surface area contributed by atoms with E-state index in [0.29, 0.717) is 0 Å². The zero-order chi connectivity index (χ0) is 13.0. The average molecular weight is 281 g/mol. The van der Waals surface area contributed by atoms with Crippen LogP contribution in [0, 0.1) is 0 Å². The van der Waals surface area contributed by atoms with Gasteiger partial charge in [-0.05, 0) is 0 Å². The third kappa shape index (κ3) is 3.86. The lowest BCUT2D eigenvalue weighted by Gasteiger charge is -2.13. The van der Waals surface area contributed by atoms with Crippen molar-refractivity contribution < 1.29 is 0 Å². The summed E-state index contributed by atoms with van der Waals surface area (Å²) in [4.78, 5) is 8.92. The van der Waals surface area contributed by atoms with Crippen LogP contribution in [0.4, 0.5) is 0 Å². The second-order valence-corrected chi connectivity index (χ2v) is 6.88. The number of thiazole rings is 2. The molecule has 98 valence electrons. The van der Waals surface area contributed by atoms with Crippen LogP contribution >= 0.6 is 22.7 Å². The summed E-state index contributed by atoms with van der Waals surface area (Å²) < 4.78 is 0. The molecule has 1 N–H and O–H groups in total. The molecule has 2 aromatic heterocycles. The van der Waals surface area contributed by atoms with E-state index < -0.39 is 0 Å². The summed E-state index contributed by atoms with van der Waals surface area (Å²) in [5.74, 6) is 0. The molecule has 0 unspecified atom stereocenters. The number of hydrogen-bond acceptors (Lipinski definition) is 5. The first-order chi connectivity index (χ1) is 8.55. The lowest BCUT2D eigenvalue weighted by atomic mass is 9.98. The van der Waals surface area contributed by atoms with Crippen LogP contribution in [0.25, 0.3) is 0 Å². The van der Waals surface area contributed by atoms with Gasteiger partial charge in [-0.1, -0.05) is 20.8 Å². The molecule has 0 aliphatic heterocycles. The van der Waals surface area contributed by atoms with E-state index in [2.05, 4.69) is 46.8 Å². The fourth-order valence-corrected chi connectivity index (χ4v) is 3.03. The molecule has 5 heteroatoms. The molecule has 3 nitrogen and oxygen atoms in total. The van der Waals surface area contributed by atoms with Crippen molar-refractivity contribution in [3.8, 4) is 0 Å². The molecule has 18 heavy (non-hydrogen) atoms. The number of aromatic nitrogens is 2. The third-order valence-corrected chi connectivity index (χ3v) is 4.49. The lowest BCUT2D eigenvalue weighted by Crippen LogP contribution is -2.17. The molecule has 0 saturated heterocycles. The van der Waals surface area contributed by atoms with E-state index in [1.807, 2.05) is 5.51 Å². The van der Waals surface area contributed by atoms with Crippen molar-refractivity contribution >= 4 is 22.7 Å². The Morgan fingerprint density at radius 3 is 2.67 bits per heavy atom. The zero-order valence-corrected chi connectivity index (χ0v) is 12.7. The summed E-state index contributed by atoms with van der Waals surface area (Å²) in [5, 5.41) is 8.87. The topological polar surface area (TPSA) is 37.8 Å². The summed E-state index contributed by atoms with van der Waals surface area (Å²) in [5.41, 5.74) is 4.35. The van der Waals surface area contributed by atoms with Crippen LogP contribution < -0.4 is 5.32 Å². The van der Waals surface area contributed by atoms with E-state index in [4.69, 9.17) is 0 Å². The number of nitrogens with one attached hydrogen (secondary N) is 1. The Bertz CT molecular complexity index is 469. The Morgan fingerprint density at radius 2 is 2.06 bits per heavy atom. The average Bonchev–Trinajstić information content (AvgIpc) is 2.95. The minimum atomic E-state index is 0.156. The highest BCUT2D eigenvalue weighted by Gasteiger charge is 2.17. The maximum absolute atomic E-state index is 4.66. The van der Waals surface area contributed by atoms with Crippen LogP contribution in [-0.4, -0.2) is 16.5 Å². The van der Waals surface area contributed by atoms with E-state index in [0.717, 1.165) is 25.2 Å². The first-order valence-corrected chi connectivity index (χ1v) is 7.90. The highest BCUT2D eigenvalue weighted by Crippen LogP contribution is 2.25. The predicted octanol–water partition coefficient (Wildman–Crippen LogP) is 3.23. The second kappa shape index (κ2) is 5.91. The standard InChI is InChI=1S/C13H19N3S2/c1-13(2,3)12-16-11(8-18-12)6-14-5-4-10-7-17-9-15-10/h7-9,14H,4-6H2,1-3H3. The van der Waals surface area contributed by atoms with Crippen LogP contribution in [-0.2, 0) is 18.4 Å². The van der Waals surface area contributed by atoms with Crippen molar-refractivity contribution in [1.82, 2.24) is 15.3 Å². The van der Waals surface area contributed by atoms with Gasteiger partial charge in [-0.15, -0.1) is 22.7 Å². The first-order valence-electron chi connectivity index (χ1n) is 6.08. The van der Waals surface area contributed by atoms with Crippen LogP contribution in [0.15, 0.2) is 16.3 Å². The van der Waals surface area contributed by atoms with Gasteiger partial charge < -0.3 is 5.32 Å². The number of nitrogens with zero attached hydrogens (tertiary/aromatic N) is 2. The summed E-state index contributed by atoms with van der Waals surface area (Å²) in [7, 11) is 0. The molecule has 0 radical (unpaired) electrons. The molecule has 0 fully saturated rings. The Hall–Kier alpha value is -0.780. The summed E-state index contributed by atoms with van der Waals surface area (Å²) >= 11 is 3.40. The summed E-state index contributed by atoms with van der Waals surface area (Å²) in [6.07, 6.45) is 0.986. The lowest BCUT2D eigenvalue weighted by molar-refractivity contribution is 0.579. The van der Waals surface area contributed by atoms with Crippen molar-refractivity contribution in [2.24, 2.45) is 0 Å². The largest absolute Gasteiger partial charge is 0.311 e. The van der Waals surface area contributed by atoms with Crippen molar-refractivity contribution in [3.63, 3.8) is 0 Å². The fourth-order valence-electron chi connectivity index (χ4n) is 1.53. The minimum Gasteiger partial charge on any atom is -0.311 e. The molecule has 2 aromatic rings. The predicted molar refractivity (Wildman–Crippen MR) is 78.3 cm³/mol. The summed E-state index contributed by atoms with van der Waals surface area (Å²) in [6.45, 7) is 8.39. The highest BCUT2D eigenvalue weighted by atomic mass is 32.1. The maximum Gasteiger partial charge on any atom is 0.0982 e. The van der Waals surface area contributed by atoms with E-state index in [1.165, 1.54) is 10.7 Å². The van der Waals surface area contributed by atoms with Gasteiger partial charge in [0.2, 0.25) is 0 Å². The van der Waals surface area contributed by atoms with Gasteiger partial charge in [-0.25, -0.2) is 9.97 Å². The fraction of sp³-hybridized carbons (Fsp3) is 0.538. The highest BCUT2D eigenvalue weighted by molar-refractivity contribution is 7.09. The van der Waals surface area contributed by atoms with Gasteiger partial charge in [0.25, 0.3) is 0 Å². The van der Waals surface area contributed by atoms with Gasteiger partial charge in [0, 0.05) is 35.7 Å². The first kappa shape index (κ1) is 13.6. The van der Waals surface area contributed by atoms with Crippen molar-refractivity contribution in [1.29, 1.82) is 0 Å². The molecule has 2 rings (SSSR count). The molecular weight excluding hydrogens is 262 g/mol. The summed E-state index contributed by atoms with van der Waals surface area (Å²) in [6, 6.07) is 0. The maximum atomic E-state index is 4.66. The van der Waals surface area contributed by atoms with Crippen molar-refractivity contribution in [2.45, 2.75) is 39.2 Å². The van der Waals surface area contributed by atoms with Gasteiger partial charge in [0.15, 0.2) is 0 Å². The SMILES string of the molecule is CC(C)(C)c1nc(CNCCc2cscn2)cs1. The van der Waals surface area contributed by atoms with Gasteiger partial charge in [0.1, 0.15) is 0 Å². The molecule has 0 aliphatic carbocycles. The van der Waals surface area contributed by atoms with Crippen molar-refractivity contribution in [2.75, 3.05) is 6.54 Å². The second-order valence-electron chi connectivity index (χ2n) is 5.30. The van der Waals surface area contributed by atoms with Gasteiger partial charge in [0.05, 0.1) is 21.9 Å². The number of hydrogen-bond donors (Lipinski definition) is 1. The van der Waals surface area contributed by atoms with Crippen LogP contribution in [0.5, 0.6) is 0 Å². The quantitative estimate of drug-likeness (QED) is 0.855. The molecule has 0 bridgehead atoms. The minimum absolute atomic E-state index is 0.156. The van der Waals surface area contributed by atoms with E-state index in [9.17, 15) is 0 Å². The molecule has 0 saturated carbocycles. The normalized spacial score (nSPS) is 11.9. The molecule has 0 amide bonds. The van der Waals surface area contributed by atoms with E-state index in [1.54, 1.807) is 22.7 Å². The molecule has 0 aromatic carbocycles. The molecule has 0 aliphatic rings. The van der Waals surface area contributed by atoms with Crippen LogP contribution in [0.2, 0.25) is 0 Å². The molecular formula is C13H19N3S2. The third-order valence-electron chi connectivity index (χ3n) is 2.54. The zero-order valence-electron chi connectivity index (χ0n) is 11.1. The van der Waals surface area contributed by atoms with E-state index in [-0.39, 0.29) is 5.41 Å². The Morgan fingerprint density at radius 1 is 1.22 bits per heavy atom. The van der Waals surface area contributed by atoms with Gasteiger partial charge in [-0.2, -0.15) is 0 Å². The molecule has 0 atom stereocenters. The van der Waals surface area contributed by atoms with Crippen LogP contribution in [0.3, 0.4) is 0 Å². The van der Waals surface area contributed by atoms with Gasteiger partial charge in [-0.3, -0.25) is 0 Å². The smallest absolute Gasteiger partial charge is 0.0982 e. The van der Waals surface area contributed by atoms with Gasteiger partial charge >= 0.3 is 0 Å². The monoisotopic (exact) mass is 281 g/mol. The van der Waals surface area contributed by atoms with Crippen molar-refractivity contribution in [3.05, 3.63) is 32.7 Å². The number of rotatable bonds is 5. The van der Waals surface area contributed by atoms with Crippen LogP contribution in [0.1, 0.15) is 37.2 Å². The molecule has 2 heterocycles. The Kier molecular flexibility index (Phi) is 4.48. The Labute approximate surface area is 116 Å². The molecule has 0 spiro atoms. The van der Waals surface area contributed by atoms with E-state index >= 15 is 0 Å².